The summed E-state index contributed by atoms with van der Waals surface area (Å²) < 4.78 is 34.6. The first-order valence-corrected chi connectivity index (χ1v) is 11.5. The Kier molecular flexibility index (Phi) is 6.01. The lowest BCUT2D eigenvalue weighted by Crippen LogP contribution is -2.54. The van der Waals surface area contributed by atoms with Crippen LogP contribution >= 0.6 is 8.25 Å². The van der Waals surface area contributed by atoms with E-state index in [1.807, 2.05) is 0 Å². The molecule has 2 rings (SSSR count). The van der Waals surface area contributed by atoms with Crippen molar-refractivity contribution in [2.45, 2.75) is 82.5 Å². The van der Waals surface area contributed by atoms with E-state index >= 15 is 0 Å². The molecule has 0 aromatic heterocycles. The Morgan fingerprint density at radius 2 is 1.68 bits per heavy atom. The Bertz CT molecular complexity index is 398. The summed E-state index contributed by atoms with van der Waals surface area (Å²) in [6.45, 7) is 13.6. The van der Waals surface area contributed by atoms with Gasteiger partial charge < -0.3 is 18.2 Å². The molecule has 2 aliphatic rings. The van der Waals surface area contributed by atoms with Crippen LogP contribution in [0.2, 0.25) is 16.6 Å². The molecule has 2 heterocycles. The van der Waals surface area contributed by atoms with Crippen molar-refractivity contribution in [2.75, 3.05) is 6.61 Å². The fourth-order valence-electron chi connectivity index (χ4n) is 4.11. The van der Waals surface area contributed by atoms with E-state index in [0.717, 1.165) is 0 Å². The van der Waals surface area contributed by atoms with Crippen molar-refractivity contribution < 1.29 is 22.8 Å². The van der Waals surface area contributed by atoms with E-state index in [2.05, 4.69) is 41.5 Å². The predicted molar refractivity (Wildman–Crippen MR) is 90.2 cm³/mol. The Morgan fingerprint density at radius 3 is 2.18 bits per heavy atom. The van der Waals surface area contributed by atoms with Gasteiger partial charge in [-0.2, -0.15) is 0 Å². The van der Waals surface area contributed by atoms with Gasteiger partial charge in [-0.25, -0.2) is 0 Å². The van der Waals surface area contributed by atoms with Gasteiger partial charge in [0.05, 0.1) is 12.7 Å². The highest BCUT2D eigenvalue weighted by Crippen LogP contribution is 2.47. The quantitative estimate of drug-likeness (QED) is 0.565. The summed E-state index contributed by atoms with van der Waals surface area (Å²) in [4.78, 5) is 0. The van der Waals surface area contributed by atoms with Crippen molar-refractivity contribution in [3.8, 4) is 0 Å². The van der Waals surface area contributed by atoms with Crippen LogP contribution in [0.15, 0.2) is 0 Å². The smallest absolute Gasteiger partial charge is 0.319 e. The molecule has 0 amide bonds. The largest absolute Gasteiger partial charge is 0.409 e. The maximum atomic E-state index is 11.6. The third kappa shape index (κ3) is 3.26. The van der Waals surface area contributed by atoms with Gasteiger partial charge in [0.25, 0.3) is 0 Å². The fourth-order valence-corrected chi connectivity index (χ4v) is 10.5. The first-order chi connectivity index (χ1) is 10.2. The minimum atomic E-state index is -2.47. The molecule has 5 atom stereocenters. The van der Waals surface area contributed by atoms with Gasteiger partial charge >= 0.3 is 8.25 Å². The average Bonchev–Trinajstić information content (AvgIpc) is 2.70. The topological polar surface area (TPSA) is 54.0 Å². The van der Waals surface area contributed by atoms with E-state index in [1.54, 1.807) is 0 Å². The van der Waals surface area contributed by atoms with Gasteiger partial charge in [0.1, 0.15) is 20.1 Å². The Labute approximate surface area is 136 Å². The van der Waals surface area contributed by atoms with Crippen LogP contribution in [0.25, 0.3) is 0 Å². The molecule has 2 radical (unpaired) electrons. The molecule has 0 aliphatic carbocycles. The van der Waals surface area contributed by atoms with Gasteiger partial charge in [0.2, 0.25) is 8.32 Å². The van der Waals surface area contributed by atoms with Gasteiger partial charge in [0, 0.05) is 6.00 Å². The predicted octanol–water partition coefficient (Wildman–Crippen LogP) is 3.25. The molecule has 2 aliphatic heterocycles. The van der Waals surface area contributed by atoms with Crippen LogP contribution in [0.1, 0.15) is 41.5 Å². The summed E-state index contributed by atoms with van der Waals surface area (Å²) in [6, 6.07) is -0.561. The summed E-state index contributed by atoms with van der Waals surface area (Å²) in [7, 11) is 1.57. The molecule has 2 fully saturated rings. The molecule has 0 N–H and O–H groups in total. The normalized spacial score (nSPS) is 36.3. The third-order valence-electron chi connectivity index (χ3n) is 4.99. The Hall–Kier alpha value is 0.352. The highest BCUT2D eigenvalue weighted by Gasteiger charge is 2.53. The van der Waals surface area contributed by atoms with Gasteiger partial charge in [0.15, 0.2) is 0 Å². The summed E-state index contributed by atoms with van der Waals surface area (Å²) in [5.74, 6) is 0. The fraction of sp³-hybridized carbons (Fsp3) is 1.00. The second kappa shape index (κ2) is 7.08. The first-order valence-electron chi connectivity index (χ1n) is 8.12. The lowest BCUT2D eigenvalue weighted by atomic mass is 9.93. The van der Waals surface area contributed by atoms with Crippen LogP contribution in [0.5, 0.6) is 0 Å². The summed E-state index contributed by atoms with van der Waals surface area (Å²) in [5.41, 5.74) is 1.32. The molecule has 0 spiro atoms. The highest BCUT2D eigenvalue weighted by molar-refractivity contribution is 7.33. The van der Waals surface area contributed by atoms with Gasteiger partial charge in [-0.05, 0) is 16.6 Å². The van der Waals surface area contributed by atoms with Crippen LogP contribution in [0.3, 0.4) is 0 Å². The number of hydrogen-bond donors (Lipinski definition) is 0. The van der Waals surface area contributed by atoms with Crippen molar-refractivity contribution in [1.29, 1.82) is 0 Å². The van der Waals surface area contributed by atoms with Gasteiger partial charge in [-0.15, -0.1) is 0 Å². The summed E-state index contributed by atoms with van der Waals surface area (Å²) >= 11 is 0. The average molecular weight is 346 g/mol. The second-order valence-corrected chi connectivity index (χ2v) is 13.6. The first kappa shape index (κ1) is 18.7. The molecule has 2 saturated heterocycles. The molecule has 0 bridgehead atoms. The monoisotopic (exact) mass is 346 g/mol. The molecule has 0 aromatic rings. The maximum Gasteiger partial charge on any atom is 0.319 e. The Morgan fingerprint density at radius 1 is 1.14 bits per heavy atom. The van der Waals surface area contributed by atoms with Crippen molar-refractivity contribution in [3.63, 3.8) is 0 Å². The van der Waals surface area contributed by atoms with E-state index in [4.69, 9.17) is 26.1 Å². The van der Waals surface area contributed by atoms with Gasteiger partial charge in [-0.3, -0.25) is 4.57 Å². The Balaban J connectivity index is 2.26. The van der Waals surface area contributed by atoms with Crippen LogP contribution in [0, 0.1) is 0 Å². The number of fused-ring (bicyclic) bond motifs is 1. The lowest BCUT2D eigenvalue weighted by molar-refractivity contribution is -0.0248. The number of rotatable bonds is 5. The summed E-state index contributed by atoms with van der Waals surface area (Å²) in [5, 5.41) is 0. The highest BCUT2D eigenvalue weighted by atomic mass is 31.1. The van der Waals surface area contributed by atoms with E-state index in [1.165, 1.54) is 0 Å². The third-order valence-corrected chi connectivity index (χ3v) is 12.0. The van der Waals surface area contributed by atoms with Crippen molar-refractivity contribution in [2.24, 2.45) is 0 Å². The molecule has 0 unspecified atom stereocenters. The molecule has 8 heteroatoms. The van der Waals surface area contributed by atoms with Gasteiger partial charge in [-0.1, -0.05) is 41.5 Å². The van der Waals surface area contributed by atoms with Crippen LogP contribution in [0.4, 0.5) is 0 Å². The zero-order valence-electron chi connectivity index (χ0n) is 14.4. The SMILES string of the molecule is [B][C@@H]1O[C@@H]2CO[P@@H](=O)O[C@H]2[C@H]1O[Si](C(C)C)(C(C)C)C(C)C. The van der Waals surface area contributed by atoms with E-state index in [0.29, 0.717) is 16.6 Å². The maximum absolute atomic E-state index is 11.6. The van der Waals surface area contributed by atoms with E-state index in [-0.39, 0.29) is 18.8 Å². The van der Waals surface area contributed by atoms with Crippen molar-refractivity contribution in [3.05, 3.63) is 0 Å². The van der Waals surface area contributed by atoms with Crippen LogP contribution in [-0.2, 0) is 22.8 Å². The molecule has 0 saturated carbocycles. The van der Waals surface area contributed by atoms with Crippen molar-refractivity contribution >= 4 is 24.4 Å². The van der Waals surface area contributed by atoms with Crippen LogP contribution < -0.4 is 0 Å². The van der Waals surface area contributed by atoms with E-state index in [9.17, 15) is 4.57 Å². The van der Waals surface area contributed by atoms with Crippen molar-refractivity contribution in [1.82, 2.24) is 0 Å². The lowest BCUT2D eigenvalue weighted by Gasteiger charge is -2.45. The molecular weight excluding hydrogens is 318 g/mol. The number of ether oxygens (including phenoxy) is 1. The zero-order chi connectivity index (χ0) is 16.7. The summed E-state index contributed by atoms with van der Waals surface area (Å²) in [6.07, 6.45) is -1.05. The van der Waals surface area contributed by atoms with Crippen LogP contribution in [-0.4, -0.2) is 47.1 Å². The molecular formula is C14H28BO5PSi. The standard InChI is InChI=1S/C14H28BO5PSi/c1-8(2)22(9(3)4,10(5)6)20-13-12-11(18-14(13)15)7-17-21(16)19-12/h8-14,21H,7H2,1-6H3/t11-,12-,13-,14-/m1/s1. The molecule has 5 nitrogen and oxygen atoms in total. The number of hydrogen-bond acceptors (Lipinski definition) is 5. The molecule has 126 valence electrons. The zero-order valence-corrected chi connectivity index (χ0v) is 16.4. The second-order valence-electron chi connectivity index (χ2n) is 7.18. The minimum absolute atomic E-state index is 0.260. The minimum Gasteiger partial charge on any atom is -0.409 e. The molecule has 22 heavy (non-hydrogen) atoms. The molecule has 0 aromatic carbocycles. The van der Waals surface area contributed by atoms with E-state index < -0.39 is 28.7 Å².